The Morgan fingerprint density at radius 2 is 1.82 bits per heavy atom. The molecule has 1 atom stereocenters. The van der Waals surface area contributed by atoms with Gasteiger partial charge in [0, 0.05) is 19.0 Å². The molecule has 1 aromatic carbocycles. The van der Waals surface area contributed by atoms with Gasteiger partial charge in [-0.15, -0.1) is 6.58 Å². The van der Waals surface area contributed by atoms with Crippen LogP contribution in [0.5, 0.6) is 0 Å². The number of cyclic esters (lactones) is 1. The summed E-state index contributed by atoms with van der Waals surface area (Å²) in [7, 11) is 0. The molecular weight excluding hydrogens is 420 g/mol. The molecule has 7 heteroatoms. The Labute approximate surface area is 197 Å². The van der Waals surface area contributed by atoms with Crippen LogP contribution in [0.1, 0.15) is 52.0 Å². The van der Waals surface area contributed by atoms with Gasteiger partial charge in [-0.3, -0.25) is 4.79 Å². The fourth-order valence-electron chi connectivity index (χ4n) is 3.93. The van der Waals surface area contributed by atoms with Gasteiger partial charge in [-0.2, -0.15) is 0 Å². The molecule has 1 aromatic rings. The third kappa shape index (κ3) is 8.91. The number of benzene rings is 1. The number of imide groups is 1. The van der Waals surface area contributed by atoms with Crippen LogP contribution in [0, 0.1) is 18.8 Å². The lowest BCUT2D eigenvalue weighted by atomic mass is 9.85. The Bertz CT molecular complexity index is 795. The van der Waals surface area contributed by atoms with Crippen molar-refractivity contribution in [1.29, 1.82) is 0 Å². The van der Waals surface area contributed by atoms with Gasteiger partial charge >= 0.3 is 12.2 Å². The van der Waals surface area contributed by atoms with Crippen LogP contribution in [0.2, 0.25) is 0 Å². The fourth-order valence-corrected chi connectivity index (χ4v) is 3.93. The van der Waals surface area contributed by atoms with Crippen LogP contribution in [-0.4, -0.2) is 59.7 Å². The number of aryl methyl sites for hydroxylation is 1. The molecule has 0 spiro atoms. The summed E-state index contributed by atoms with van der Waals surface area (Å²) in [6.07, 6.45) is 3.76. The number of carbonyl (C=O) groups excluding carboxylic acids is 3. The minimum absolute atomic E-state index is 0.179. The third-order valence-electron chi connectivity index (χ3n) is 5.65. The number of rotatable bonds is 5. The number of amides is 3. The molecule has 0 aliphatic carbocycles. The molecule has 7 nitrogen and oxygen atoms in total. The van der Waals surface area contributed by atoms with Gasteiger partial charge in [0.05, 0.1) is 6.54 Å². The Kier molecular flexibility index (Phi) is 9.95. The van der Waals surface area contributed by atoms with Crippen molar-refractivity contribution in [3.8, 4) is 0 Å². The summed E-state index contributed by atoms with van der Waals surface area (Å²) < 4.78 is 10.3. The number of carbonyl (C=O) groups is 3. The second-order valence-electron chi connectivity index (χ2n) is 9.63. The van der Waals surface area contributed by atoms with Crippen molar-refractivity contribution in [3.05, 3.63) is 48.6 Å². The normalized spacial score (nSPS) is 17.5. The van der Waals surface area contributed by atoms with Gasteiger partial charge in [0.1, 0.15) is 12.2 Å². The molecule has 0 N–H and O–H groups in total. The first-order chi connectivity index (χ1) is 15.6. The second-order valence-corrected chi connectivity index (χ2v) is 9.63. The van der Waals surface area contributed by atoms with Crippen LogP contribution < -0.4 is 0 Å². The molecule has 3 rings (SSSR count). The quantitative estimate of drug-likeness (QED) is 0.568. The van der Waals surface area contributed by atoms with Crippen molar-refractivity contribution in [3.63, 3.8) is 0 Å². The van der Waals surface area contributed by atoms with E-state index in [2.05, 4.69) is 25.6 Å². The summed E-state index contributed by atoms with van der Waals surface area (Å²) in [4.78, 5) is 39.4. The number of likely N-dealkylation sites (tertiary alicyclic amines) is 1. The maximum absolute atomic E-state index is 12.6. The zero-order valence-corrected chi connectivity index (χ0v) is 20.4. The monoisotopic (exact) mass is 458 g/mol. The maximum Gasteiger partial charge on any atom is 0.416 e. The molecule has 33 heavy (non-hydrogen) atoms. The highest BCUT2D eigenvalue weighted by Crippen LogP contribution is 2.28. The molecule has 3 amide bonds. The van der Waals surface area contributed by atoms with E-state index in [-0.39, 0.29) is 24.5 Å². The second kappa shape index (κ2) is 12.4. The zero-order chi connectivity index (χ0) is 24.4. The summed E-state index contributed by atoms with van der Waals surface area (Å²) >= 11 is 0. The Morgan fingerprint density at radius 1 is 1.18 bits per heavy atom. The molecule has 0 bridgehead atoms. The van der Waals surface area contributed by atoms with Crippen molar-refractivity contribution in [1.82, 2.24) is 9.80 Å². The molecule has 0 aromatic heterocycles. The standard InChI is InChI=1S/C19H30N2O5.C7H8/c1-5-6-15(16(22)21-11-12-25-18(21)24)13-14-7-9-20(10-8-14)17(23)26-19(2,3)4;1-7-5-3-2-4-6-7/h5,14-15H,1,6-13H2,2-4H3;2-6H,1H3/t15-;/m1./s1. The molecule has 2 aliphatic rings. The fraction of sp³-hybridized carbons (Fsp3) is 0.577. The molecule has 2 heterocycles. The van der Waals surface area contributed by atoms with Gasteiger partial charge < -0.3 is 14.4 Å². The number of allylic oxidation sites excluding steroid dienone is 1. The topological polar surface area (TPSA) is 76.2 Å². The van der Waals surface area contributed by atoms with Crippen LogP contribution in [0.4, 0.5) is 9.59 Å². The lowest BCUT2D eigenvalue weighted by Gasteiger charge is -2.34. The van der Waals surface area contributed by atoms with Crippen LogP contribution in [-0.2, 0) is 14.3 Å². The number of ether oxygens (including phenoxy) is 2. The first-order valence-corrected chi connectivity index (χ1v) is 11.7. The van der Waals surface area contributed by atoms with Crippen LogP contribution in [0.3, 0.4) is 0 Å². The first-order valence-electron chi connectivity index (χ1n) is 11.7. The number of piperidine rings is 1. The van der Waals surface area contributed by atoms with Crippen molar-refractivity contribution in [2.45, 2.75) is 59.0 Å². The summed E-state index contributed by atoms with van der Waals surface area (Å²) in [6.45, 7) is 13.2. The van der Waals surface area contributed by atoms with Gasteiger partial charge in [-0.05, 0) is 59.3 Å². The van der Waals surface area contributed by atoms with Crippen molar-refractivity contribution < 1.29 is 23.9 Å². The van der Waals surface area contributed by atoms with Crippen molar-refractivity contribution in [2.24, 2.45) is 11.8 Å². The molecule has 0 saturated carbocycles. The first kappa shape index (κ1) is 26.4. The van der Waals surface area contributed by atoms with Gasteiger partial charge in [0.15, 0.2) is 0 Å². The predicted molar refractivity (Wildman–Crippen MR) is 128 cm³/mol. The van der Waals surface area contributed by atoms with E-state index in [1.54, 1.807) is 11.0 Å². The van der Waals surface area contributed by atoms with Crippen LogP contribution in [0.15, 0.2) is 43.0 Å². The highest BCUT2D eigenvalue weighted by molar-refractivity contribution is 5.94. The molecule has 182 valence electrons. The van der Waals surface area contributed by atoms with E-state index in [4.69, 9.17) is 9.47 Å². The SMILES string of the molecule is C=CC[C@H](CC1CCN(C(=O)OC(C)(C)C)CC1)C(=O)N1CCOC1=O.Cc1ccccc1. The summed E-state index contributed by atoms with van der Waals surface area (Å²) in [5.41, 5.74) is 0.822. The summed E-state index contributed by atoms with van der Waals surface area (Å²) in [5.74, 6) is -0.112. The van der Waals surface area contributed by atoms with Crippen LogP contribution in [0.25, 0.3) is 0 Å². The maximum atomic E-state index is 12.6. The highest BCUT2D eigenvalue weighted by atomic mass is 16.6. The lowest BCUT2D eigenvalue weighted by Crippen LogP contribution is -2.43. The molecule has 2 aliphatic heterocycles. The minimum atomic E-state index is -0.552. The molecule has 2 fully saturated rings. The largest absolute Gasteiger partial charge is 0.447 e. The molecular formula is C26H38N2O5. The lowest BCUT2D eigenvalue weighted by molar-refractivity contribution is -0.132. The molecule has 0 radical (unpaired) electrons. The van der Waals surface area contributed by atoms with E-state index >= 15 is 0 Å². The number of hydrogen-bond acceptors (Lipinski definition) is 5. The van der Waals surface area contributed by atoms with Gasteiger partial charge in [-0.25, -0.2) is 14.5 Å². The number of hydrogen-bond donors (Lipinski definition) is 0. The molecule has 0 unspecified atom stereocenters. The Morgan fingerprint density at radius 3 is 2.27 bits per heavy atom. The smallest absolute Gasteiger partial charge is 0.416 e. The van der Waals surface area contributed by atoms with Gasteiger partial charge in [-0.1, -0.05) is 42.0 Å². The van der Waals surface area contributed by atoms with E-state index in [9.17, 15) is 14.4 Å². The van der Waals surface area contributed by atoms with Gasteiger partial charge in [0.2, 0.25) is 5.91 Å². The summed E-state index contributed by atoms with van der Waals surface area (Å²) in [6, 6.07) is 10.3. The van der Waals surface area contributed by atoms with Crippen LogP contribution >= 0.6 is 0 Å². The van der Waals surface area contributed by atoms with E-state index in [0.29, 0.717) is 38.4 Å². The molecule has 2 saturated heterocycles. The zero-order valence-electron chi connectivity index (χ0n) is 20.4. The predicted octanol–water partition coefficient (Wildman–Crippen LogP) is 5.19. The van der Waals surface area contributed by atoms with Gasteiger partial charge in [0.25, 0.3) is 0 Å². The van der Waals surface area contributed by atoms with Crippen molar-refractivity contribution >= 4 is 18.1 Å². The van der Waals surface area contributed by atoms with E-state index in [0.717, 1.165) is 12.8 Å². The van der Waals surface area contributed by atoms with E-state index in [1.807, 2.05) is 39.0 Å². The average molecular weight is 459 g/mol. The summed E-state index contributed by atoms with van der Waals surface area (Å²) in [5, 5.41) is 0. The Hall–Kier alpha value is -2.83. The third-order valence-corrected chi connectivity index (χ3v) is 5.65. The van der Waals surface area contributed by atoms with E-state index < -0.39 is 11.7 Å². The average Bonchev–Trinajstić information content (AvgIpc) is 3.19. The number of nitrogens with zero attached hydrogens (tertiary/aromatic N) is 2. The highest BCUT2D eigenvalue weighted by Gasteiger charge is 2.35. The van der Waals surface area contributed by atoms with Crippen molar-refractivity contribution in [2.75, 3.05) is 26.2 Å². The van der Waals surface area contributed by atoms with E-state index in [1.165, 1.54) is 10.5 Å². The Balaban J connectivity index is 0.000000468. The minimum Gasteiger partial charge on any atom is -0.447 e.